The van der Waals surface area contributed by atoms with Crippen molar-refractivity contribution >= 4 is 23.3 Å². The molecule has 0 radical (unpaired) electrons. The van der Waals surface area contributed by atoms with E-state index in [0.29, 0.717) is 36.0 Å². The molecule has 1 aromatic heterocycles. The molecule has 6 nitrogen and oxygen atoms in total. The Labute approximate surface area is 185 Å². The molecule has 1 aliphatic heterocycles. The summed E-state index contributed by atoms with van der Waals surface area (Å²) in [4.78, 5) is 25.3. The first kappa shape index (κ1) is 21.1. The van der Waals surface area contributed by atoms with Crippen LogP contribution in [0.2, 0.25) is 5.02 Å². The number of anilines is 1. The summed E-state index contributed by atoms with van der Waals surface area (Å²) in [6, 6.07) is 13.4. The van der Waals surface area contributed by atoms with Gasteiger partial charge in [0.15, 0.2) is 11.6 Å². The van der Waals surface area contributed by atoms with Crippen molar-refractivity contribution in [3.63, 3.8) is 0 Å². The lowest BCUT2D eigenvalue weighted by Gasteiger charge is -2.40. The van der Waals surface area contributed by atoms with Crippen LogP contribution in [-0.2, 0) is 0 Å². The number of rotatable bonds is 4. The van der Waals surface area contributed by atoms with E-state index < -0.39 is 5.82 Å². The van der Waals surface area contributed by atoms with Gasteiger partial charge in [0, 0.05) is 31.7 Å². The van der Waals surface area contributed by atoms with Gasteiger partial charge in [-0.05, 0) is 43.7 Å². The van der Waals surface area contributed by atoms with Crippen molar-refractivity contribution in [3.05, 3.63) is 76.8 Å². The average Bonchev–Trinajstić information content (AvgIpc) is 2.76. The van der Waals surface area contributed by atoms with Crippen LogP contribution in [0.4, 0.5) is 10.2 Å². The summed E-state index contributed by atoms with van der Waals surface area (Å²) < 4.78 is 19.7. The Kier molecular flexibility index (Phi) is 6.04. The molecular formula is C23H22ClFN4O2. The van der Waals surface area contributed by atoms with Crippen LogP contribution in [0.25, 0.3) is 0 Å². The maximum absolute atomic E-state index is 14.0. The SMILES string of the molecule is Cc1ccc(F)c(Oc2cc(N3CCN(C(=O)c4ccccc4Cl)[C@H](C)C3)ncn2)c1. The molecule has 0 bridgehead atoms. The normalized spacial score (nSPS) is 16.3. The maximum atomic E-state index is 14.0. The fourth-order valence-corrected chi connectivity index (χ4v) is 3.83. The molecule has 0 unspecified atom stereocenters. The van der Waals surface area contributed by atoms with Crippen LogP contribution >= 0.6 is 11.6 Å². The first-order chi connectivity index (χ1) is 14.9. The summed E-state index contributed by atoms with van der Waals surface area (Å²) in [6.45, 7) is 5.56. The topological polar surface area (TPSA) is 58.6 Å². The molecule has 2 heterocycles. The number of ether oxygens (including phenoxy) is 1. The van der Waals surface area contributed by atoms with E-state index in [4.69, 9.17) is 16.3 Å². The molecule has 0 aliphatic carbocycles. The Balaban J connectivity index is 1.47. The Hall–Kier alpha value is -3.19. The molecule has 1 amide bonds. The Morgan fingerprint density at radius 3 is 2.74 bits per heavy atom. The van der Waals surface area contributed by atoms with Crippen molar-refractivity contribution < 1.29 is 13.9 Å². The minimum atomic E-state index is -0.453. The van der Waals surface area contributed by atoms with Crippen LogP contribution in [-0.4, -0.2) is 46.5 Å². The number of aryl methyl sites for hydroxylation is 1. The zero-order valence-corrected chi connectivity index (χ0v) is 18.0. The predicted molar refractivity (Wildman–Crippen MR) is 117 cm³/mol. The standard InChI is InChI=1S/C23H22ClFN4O2/c1-15-7-8-19(25)20(11-15)31-22-12-21(26-14-27-22)28-9-10-29(16(2)13-28)23(30)17-5-3-4-6-18(17)24/h3-8,11-12,14,16H,9-10,13H2,1-2H3/t16-/m1/s1. The van der Waals surface area contributed by atoms with Gasteiger partial charge in [0.05, 0.1) is 10.6 Å². The van der Waals surface area contributed by atoms with Gasteiger partial charge in [-0.15, -0.1) is 0 Å². The number of hydrogen-bond acceptors (Lipinski definition) is 5. The Bertz CT molecular complexity index is 1110. The third-order valence-electron chi connectivity index (χ3n) is 5.25. The molecule has 3 aromatic rings. The fraction of sp³-hybridized carbons (Fsp3) is 0.261. The molecule has 0 saturated carbocycles. The van der Waals surface area contributed by atoms with Crippen molar-refractivity contribution in [1.29, 1.82) is 0 Å². The lowest BCUT2D eigenvalue weighted by molar-refractivity contribution is 0.0674. The number of benzene rings is 2. The highest BCUT2D eigenvalue weighted by atomic mass is 35.5. The zero-order valence-electron chi connectivity index (χ0n) is 17.3. The number of halogens is 2. The van der Waals surface area contributed by atoms with Crippen LogP contribution in [0.5, 0.6) is 11.6 Å². The van der Waals surface area contributed by atoms with Gasteiger partial charge in [0.2, 0.25) is 5.88 Å². The largest absolute Gasteiger partial charge is 0.436 e. The van der Waals surface area contributed by atoms with Crippen LogP contribution in [0, 0.1) is 12.7 Å². The number of carbonyl (C=O) groups excluding carboxylic acids is 1. The first-order valence-electron chi connectivity index (χ1n) is 9.99. The third-order valence-corrected chi connectivity index (χ3v) is 5.57. The highest BCUT2D eigenvalue weighted by molar-refractivity contribution is 6.33. The summed E-state index contributed by atoms with van der Waals surface area (Å²) in [5.74, 6) is 0.505. The van der Waals surface area contributed by atoms with Gasteiger partial charge in [0.25, 0.3) is 5.91 Å². The van der Waals surface area contributed by atoms with E-state index in [1.165, 1.54) is 12.4 Å². The van der Waals surface area contributed by atoms with Gasteiger partial charge < -0.3 is 14.5 Å². The monoisotopic (exact) mass is 440 g/mol. The van der Waals surface area contributed by atoms with Crippen molar-refractivity contribution in [2.24, 2.45) is 0 Å². The molecule has 0 spiro atoms. The van der Waals surface area contributed by atoms with E-state index in [2.05, 4.69) is 14.9 Å². The number of aromatic nitrogens is 2. The summed E-state index contributed by atoms with van der Waals surface area (Å²) in [5.41, 5.74) is 1.39. The molecule has 4 rings (SSSR count). The van der Waals surface area contributed by atoms with E-state index in [1.54, 1.807) is 42.5 Å². The van der Waals surface area contributed by atoms with E-state index in [-0.39, 0.29) is 23.6 Å². The van der Waals surface area contributed by atoms with Gasteiger partial charge in [-0.1, -0.05) is 29.8 Å². The molecule has 1 saturated heterocycles. The third kappa shape index (κ3) is 4.61. The first-order valence-corrected chi connectivity index (χ1v) is 10.4. The maximum Gasteiger partial charge on any atom is 0.255 e. The molecule has 160 valence electrons. The smallest absolute Gasteiger partial charge is 0.255 e. The number of piperazine rings is 1. The molecule has 8 heteroatoms. The quantitative estimate of drug-likeness (QED) is 0.587. The van der Waals surface area contributed by atoms with Gasteiger partial charge in [0.1, 0.15) is 12.1 Å². The number of carbonyl (C=O) groups is 1. The minimum Gasteiger partial charge on any atom is -0.436 e. The van der Waals surface area contributed by atoms with Gasteiger partial charge >= 0.3 is 0 Å². The summed E-state index contributed by atoms with van der Waals surface area (Å²) in [7, 11) is 0. The Morgan fingerprint density at radius 2 is 1.97 bits per heavy atom. The van der Waals surface area contributed by atoms with E-state index >= 15 is 0 Å². The summed E-state index contributed by atoms with van der Waals surface area (Å²) in [6.07, 6.45) is 1.39. The lowest BCUT2D eigenvalue weighted by Crippen LogP contribution is -2.54. The van der Waals surface area contributed by atoms with E-state index in [9.17, 15) is 9.18 Å². The molecular weight excluding hydrogens is 419 g/mol. The number of amides is 1. The second-order valence-electron chi connectivity index (χ2n) is 7.52. The van der Waals surface area contributed by atoms with Crippen LogP contribution in [0.1, 0.15) is 22.8 Å². The summed E-state index contributed by atoms with van der Waals surface area (Å²) in [5, 5.41) is 0.447. The molecule has 31 heavy (non-hydrogen) atoms. The van der Waals surface area contributed by atoms with Crippen molar-refractivity contribution in [2.75, 3.05) is 24.5 Å². The number of nitrogens with zero attached hydrogens (tertiary/aromatic N) is 4. The molecule has 1 fully saturated rings. The molecule has 1 atom stereocenters. The lowest BCUT2D eigenvalue weighted by atomic mass is 10.1. The Morgan fingerprint density at radius 1 is 1.16 bits per heavy atom. The second kappa shape index (κ2) is 8.89. The van der Waals surface area contributed by atoms with E-state index in [0.717, 1.165) is 5.56 Å². The highest BCUT2D eigenvalue weighted by Gasteiger charge is 2.29. The molecule has 1 aliphatic rings. The zero-order chi connectivity index (χ0) is 22.0. The number of hydrogen-bond donors (Lipinski definition) is 0. The van der Waals surface area contributed by atoms with Gasteiger partial charge in [-0.2, -0.15) is 0 Å². The molecule has 2 aromatic carbocycles. The fourth-order valence-electron chi connectivity index (χ4n) is 3.62. The van der Waals surface area contributed by atoms with Crippen LogP contribution < -0.4 is 9.64 Å². The van der Waals surface area contributed by atoms with Gasteiger partial charge in [-0.25, -0.2) is 14.4 Å². The van der Waals surface area contributed by atoms with Crippen molar-refractivity contribution in [2.45, 2.75) is 19.9 Å². The van der Waals surface area contributed by atoms with E-state index in [1.807, 2.05) is 18.7 Å². The average molecular weight is 441 g/mol. The second-order valence-corrected chi connectivity index (χ2v) is 7.93. The molecule has 0 N–H and O–H groups in total. The van der Waals surface area contributed by atoms with Crippen LogP contribution in [0.15, 0.2) is 54.9 Å². The minimum absolute atomic E-state index is 0.0499. The van der Waals surface area contributed by atoms with Crippen LogP contribution in [0.3, 0.4) is 0 Å². The predicted octanol–water partition coefficient (Wildman–Crippen LogP) is 4.72. The van der Waals surface area contributed by atoms with Crippen molar-refractivity contribution in [1.82, 2.24) is 14.9 Å². The van der Waals surface area contributed by atoms with Crippen molar-refractivity contribution in [3.8, 4) is 11.6 Å². The van der Waals surface area contributed by atoms with Gasteiger partial charge in [-0.3, -0.25) is 4.79 Å². The highest BCUT2D eigenvalue weighted by Crippen LogP contribution is 2.27. The summed E-state index contributed by atoms with van der Waals surface area (Å²) >= 11 is 6.20.